The molecule has 0 radical (unpaired) electrons. The lowest BCUT2D eigenvalue weighted by Gasteiger charge is -2.19. The molecule has 1 N–H and O–H groups in total. The van der Waals surface area contributed by atoms with Crippen molar-refractivity contribution in [2.75, 3.05) is 5.32 Å². The van der Waals surface area contributed by atoms with Crippen molar-refractivity contribution < 1.29 is 22.7 Å². The number of hydrogen-bond donors (Lipinski definition) is 1. The van der Waals surface area contributed by atoms with E-state index in [1.165, 1.54) is 11.6 Å². The van der Waals surface area contributed by atoms with Crippen LogP contribution in [-0.4, -0.2) is 41.0 Å². The molecule has 1 amide bonds. The number of anilines is 1. The molecule has 3 aromatic heterocycles. The summed E-state index contributed by atoms with van der Waals surface area (Å²) in [6.07, 6.45) is -0.686. The zero-order chi connectivity index (χ0) is 27.2. The maximum atomic E-state index is 13.1. The minimum atomic E-state index is -4.50. The van der Waals surface area contributed by atoms with Crippen LogP contribution in [0.4, 0.5) is 23.9 Å². The van der Waals surface area contributed by atoms with Crippen molar-refractivity contribution in [2.45, 2.75) is 64.8 Å². The van der Waals surface area contributed by atoms with Crippen molar-refractivity contribution in [1.29, 1.82) is 0 Å². The molecule has 3 heterocycles. The zero-order valence-electron chi connectivity index (χ0n) is 21.6. The summed E-state index contributed by atoms with van der Waals surface area (Å²) in [4.78, 5) is 25.3. The normalized spacial score (nSPS) is 14.0. The van der Waals surface area contributed by atoms with Crippen molar-refractivity contribution in [3.8, 4) is 11.4 Å². The predicted octanol–water partition coefficient (Wildman–Crippen LogP) is 5.52. The third-order valence-corrected chi connectivity index (χ3v) is 6.14. The second-order valence-corrected chi connectivity index (χ2v) is 10.4. The Morgan fingerprint density at radius 1 is 1.03 bits per heavy atom. The van der Waals surface area contributed by atoms with Gasteiger partial charge in [-0.2, -0.15) is 23.3 Å². The Labute approximate surface area is 217 Å². The van der Waals surface area contributed by atoms with Crippen LogP contribution in [0.2, 0.25) is 0 Å². The van der Waals surface area contributed by atoms with Gasteiger partial charge >= 0.3 is 12.3 Å². The Bertz CT molecular complexity index is 1500. The molecule has 5 rings (SSSR count). The molecule has 12 heteroatoms. The number of nitrogens with one attached hydrogen (secondary N) is 1. The van der Waals surface area contributed by atoms with Crippen LogP contribution in [0, 0.1) is 0 Å². The van der Waals surface area contributed by atoms with Crippen LogP contribution in [-0.2, 0) is 37.3 Å². The van der Waals surface area contributed by atoms with E-state index in [-0.39, 0.29) is 11.8 Å². The highest BCUT2D eigenvalue weighted by Crippen LogP contribution is 2.31. The van der Waals surface area contributed by atoms with E-state index in [2.05, 4.69) is 20.3 Å². The monoisotopic (exact) mass is 527 g/mol. The molecule has 1 aromatic carbocycles. The van der Waals surface area contributed by atoms with E-state index in [4.69, 9.17) is 9.84 Å². The van der Waals surface area contributed by atoms with E-state index < -0.39 is 23.6 Å². The van der Waals surface area contributed by atoms with Crippen LogP contribution in [0.15, 0.2) is 30.5 Å². The van der Waals surface area contributed by atoms with E-state index in [9.17, 15) is 18.0 Å². The molecular formula is C26H28F3N7O2. The molecule has 1 aliphatic carbocycles. The highest BCUT2D eigenvalue weighted by atomic mass is 19.4. The van der Waals surface area contributed by atoms with Crippen molar-refractivity contribution in [1.82, 2.24) is 29.3 Å². The first-order chi connectivity index (χ1) is 17.9. The highest BCUT2D eigenvalue weighted by molar-refractivity contribution is 5.87. The van der Waals surface area contributed by atoms with Gasteiger partial charge in [0.15, 0.2) is 11.3 Å². The van der Waals surface area contributed by atoms with Gasteiger partial charge in [-0.1, -0.05) is 24.3 Å². The molecule has 0 saturated carbocycles. The van der Waals surface area contributed by atoms with Crippen LogP contribution in [0.3, 0.4) is 0 Å². The van der Waals surface area contributed by atoms with Crippen molar-refractivity contribution in [3.63, 3.8) is 0 Å². The quantitative estimate of drug-likeness (QED) is 0.375. The number of carbonyl (C=O) groups excluding carboxylic acids is 1. The maximum absolute atomic E-state index is 13.1. The van der Waals surface area contributed by atoms with Crippen molar-refractivity contribution in [3.05, 3.63) is 53.1 Å². The Balaban J connectivity index is 1.45. The van der Waals surface area contributed by atoms with Gasteiger partial charge in [-0.15, -0.1) is 0 Å². The number of aromatic nitrogens is 6. The summed E-state index contributed by atoms with van der Waals surface area (Å²) in [5.74, 6) is 0.384. The van der Waals surface area contributed by atoms with E-state index in [1.807, 2.05) is 12.1 Å². The predicted molar refractivity (Wildman–Crippen MR) is 135 cm³/mol. The lowest BCUT2D eigenvalue weighted by molar-refractivity contribution is -0.140. The summed E-state index contributed by atoms with van der Waals surface area (Å²) in [6.45, 7) is 5.72. The Kier molecular flexibility index (Phi) is 6.36. The van der Waals surface area contributed by atoms with Gasteiger partial charge in [0.2, 0.25) is 5.95 Å². The Hall–Kier alpha value is -3.96. The summed E-state index contributed by atoms with van der Waals surface area (Å²) in [6, 6.07) is 7.14. The van der Waals surface area contributed by atoms with Gasteiger partial charge in [0.25, 0.3) is 0 Å². The van der Waals surface area contributed by atoms with Gasteiger partial charge in [-0.05, 0) is 52.0 Å². The molecule has 0 atom stereocenters. The minimum Gasteiger partial charge on any atom is -0.444 e. The third-order valence-electron chi connectivity index (χ3n) is 6.14. The molecule has 0 aliphatic heterocycles. The van der Waals surface area contributed by atoms with Crippen molar-refractivity contribution in [2.24, 2.45) is 7.05 Å². The number of hydrogen-bond acceptors (Lipinski definition) is 6. The smallest absolute Gasteiger partial charge is 0.434 e. The standard InChI is InChI=1S/C26H28F3N7O2/c1-25(2,3)38-24(37)33-23-30-17-7-5-6-8-18-20(17)22(32-23)36(34-18)13-15-9-11-16(12-10-15)21-31-19(14-35(21)4)26(27,28)29/h9-12,14H,5-8,13H2,1-4H3,(H,30,32,33,37). The number of aryl methyl sites for hydroxylation is 3. The number of rotatable bonds is 4. The third kappa shape index (κ3) is 5.34. The van der Waals surface area contributed by atoms with Crippen LogP contribution in [0.5, 0.6) is 0 Å². The number of benzene rings is 1. The SMILES string of the molecule is Cn1cc(C(F)(F)F)nc1-c1ccc(Cn2nc3c4c(nc(NC(=O)OC(C)(C)C)nc42)CCCC3)cc1. The number of amides is 1. The molecule has 0 spiro atoms. The molecule has 9 nitrogen and oxygen atoms in total. The van der Waals surface area contributed by atoms with Crippen LogP contribution >= 0.6 is 0 Å². The number of nitrogens with zero attached hydrogens (tertiary/aromatic N) is 6. The largest absolute Gasteiger partial charge is 0.444 e. The summed E-state index contributed by atoms with van der Waals surface area (Å²) in [5, 5.41) is 8.35. The molecule has 0 unspecified atom stereocenters. The number of alkyl halides is 3. The number of ether oxygens (including phenoxy) is 1. The molecule has 0 saturated heterocycles. The van der Waals surface area contributed by atoms with Gasteiger partial charge in [0, 0.05) is 18.8 Å². The average Bonchev–Trinajstić information content (AvgIpc) is 3.29. The van der Waals surface area contributed by atoms with E-state index in [0.29, 0.717) is 17.8 Å². The fraction of sp³-hybridized carbons (Fsp3) is 0.423. The Morgan fingerprint density at radius 2 is 1.71 bits per heavy atom. The molecule has 1 aliphatic rings. The zero-order valence-corrected chi connectivity index (χ0v) is 21.6. The Morgan fingerprint density at radius 3 is 2.34 bits per heavy atom. The van der Waals surface area contributed by atoms with E-state index in [0.717, 1.165) is 54.2 Å². The minimum absolute atomic E-state index is 0.155. The van der Waals surface area contributed by atoms with Gasteiger partial charge in [-0.3, -0.25) is 5.32 Å². The second kappa shape index (κ2) is 9.41. The molecule has 200 valence electrons. The highest BCUT2D eigenvalue weighted by Gasteiger charge is 2.34. The van der Waals surface area contributed by atoms with Gasteiger partial charge in [0.05, 0.1) is 23.3 Å². The van der Waals surface area contributed by atoms with Crippen LogP contribution in [0.25, 0.3) is 22.4 Å². The first-order valence-corrected chi connectivity index (χ1v) is 12.3. The lowest BCUT2D eigenvalue weighted by Crippen LogP contribution is -2.28. The molecule has 38 heavy (non-hydrogen) atoms. The molecule has 0 bridgehead atoms. The maximum Gasteiger partial charge on any atom is 0.434 e. The average molecular weight is 528 g/mol. The summed E-state index contributed by atoms with van der Waals surface area (Å²) >= 11 is 0. The van der Waals surface area contributed by atoms with Gasteiger partial charge < -0.3 is 9.30 Å². The lowest BCUT2D eigenvalue weighted by atomic mass is 10.1. The fourth-order valence-corrected chi connectivity index (χ4v) is 4.52. The molecule has 4 aromatic rings. The molecule has 0 fully saturated rings. The summed E-state index contributed by atoms with van der Waals surface area (Å²) in [7, 11) is 1.53. The molecular weight excluding hydrogens is 499 g/mol. The second-order valence-electron chi connectivity index (χ2n) is 10.4. The first-order valence-electron chi connectivity index (χ1n) is 12.3. The topological polar surface area (TPSA) is 99.8 Å². The van der Waals surface area contributed by atoms with E-state index >= 15 is 0 Å². The van der Waals surface area contributed by atoms with Gasteiger partial charge in [0.1, 0.15) is 11.4 Å². The van der Waals surface area contributed by atoms with Crippen LogP contribution in [0.1, 0.15) is 56.3 Å². The summed E-state index contributed by atoms with van der Waals surface area (Å²) in [5.41, 5.74) is 2.23. The number of imidazole rings is 1. The summed E-state index contributed by atoms with van der Waals surface area (Å²) < 4.78 is 47.7. The number of carbonyl (C=O) groups is 1. The van der Waals surface area contributed by atoms with Crippen molar-refractivity contribution >= 4 is 23.1 Å². The first kappa shape index (κ1) is 25.7. The number of halogens is 3. The fourth-order valence-electron chi connectivity index (χ4n) is 4.52. The van der Waals surface area contributed by atoms with Crippen LogP contribution < -0.4 is 5.32 Å². The van der Waals surface area contributed by atoms with Gasteiger partial charge in [-0.25, -0.2) is 19.4 Å². The van der Waals surface area contributed by atoms with E-state index in [1.54, 1.807) is 37.6 Å².